The van der Waals surface area contributed by atoms with Gasteiger partial charge in [-0.1, -0.05) is 6.07 Å². The zero-order valence-corrected chi connectivity index (χ0v) is 13.8. The van der Waals surface area contributed by atoms with E-state index in [1.165, 1.54) is 24.3 Å². The molecule has 5 nitrogen and oxygen atoms in total. The number of anilines is 2. The standard InChI is InChI=1S/C16H17FN2O3S/c1-10-4-5-12(9-15(10)19-23(3,21)22)16(20)18-14-7-6-13(17)8-11(14)2/h4-9,19H,1-3H3,(H,18,20). The average Bonchev–Trinajstić information content (AvgIpc) is 2.42. The molecular weight excluding hydrogens is 319 g/mol. The molecule has 0 spiro atoms. The minimum atomic E-state index is -3.44. The number of rotatable bonds is 4. The second-order valence-electron chi connectivity index (χ2n) is 5.32. The Morgan fingerprint density at radius 3 is 2.30 bits per heavy atom. The molecule has 0 radical (unpaired) electrons. The van der Waals surface area contributed by atoms with Gasteiger partial charge in [0, 0.05) is 11.3 Å². The molecule has 0 saturated carbocycles. The van der Waals surface area contributed by atoms with Gasteiger partial charge in [-0.05, 0) is 55.3 Å². The third kappa shape index (κ3) is 4.53. The topological polar surface area (TPSA) is 75.3 Å². The lowest BCUT2D eigenvalue weighted by molar-refractivity contribution is 0.102. The first kappa shape index (κ1) is 17.0. The number of nitrogens with one attached hydrogen (secondary N) is 2. The normalized spacial score (nSPS) is 11.1. The summed E-state index contributed by atoms with van der Waals surface area (Å²) in [6.45, 7) is 3.42. The van der Waals surface area contributed by atoms with Crippen molar-refractivity contribution in [3.8, 4) is 0 Å². The molecule has 2 N–H and O–H groups in total. The fraction of sp³-hybridized carbons (Fsp3) is 0.188. The molecule has 0 aromatic heterocycles. The lowest BCUT2D eigenvalue weighted by Gasteiger charge is -2.11. The third-order valence-corrected chi connectivity index (χ3v) is 3.82. The predicted molar refractivity (Wildman–Crippen MR) is 88.7 cm³/mol. The number of sulfonamides is 1. The fourth-order valence-electron chi connectivity index (χ4n) is 2.03. The summed E-state index contributed by atoms with van der Waals surface area (Å²) in [5.74, 6) is -0.785. The van der Waals surface area contributed by atoms with Gasteiger partial charge < -0.3 is 5.32 Å². The molecular formula is C16H17FN2O3S. The molecule has 0 heterocycles. The number of benzene rings is 2. The van der Waals surface area contributed by atoms with Crippen molar-refractivity contribution in [2.45, 2.75) is 13.8 Å². The Balaban J connectivity index is 2.27. The smallest absolute Gasteiger partial charge is 0.255 e. The van der Waals surface area contributed by atoms with Gasteiger partial charge in [-0.15, -0.1) is 0 Å². The van der Waals surface area contributed by atoms with E-state index in [9.17, 15) is 17.6 Å². The summed E-state index contributed by atoms with van der Waals surface area (Å²) in [5.41, 5.74) is 2.43. The highest BCUT2D eigenvalue weighted by molar-refractivity contribution is 7.92. The van der Waals surface area contributed by atoms with Crippen molar-refractivity contribution >= 4 is 27.3 Å². The van der Waals surface area contributed by atoms with Crippen LogP contribution in [0.3, 0.4) is 0 Å². The summed E-state index contributed by atoms with van der Waals surface area (Å²) in [6, 6.07) is 8.77. The Labute approximate surface area is 134 Å². The van der Waals surface area contributed by atoms with Crippen molar-refractivity contribution in [3.63, 3.8) is 0 Å². The monoisotopic (exact) mass is 336 g/mol. The van der Waals surface area contributed by atoms with Crippen LogP contribution < -0.4 is 10.0 Å². The summed E-state index contributed by atoms with van der Waals surface area (Å²) < 4.78 is 38.2. The van der Waals surface area contributed by atoms with Crippen molar-refractivity contribution in [1.82, 2.24) is 0 Å². The average molecular weight is 336 g/mol. The molecule has 2 aromatic carbocycles. The first-order valence-electron chi connectivity index (χ1n) is 6.81. The maximum atomic E-state index is 13.1. The molecule has 0 unspecified atom stereocenters. The van der Waals surface area contributed by atoms with E-state index in [0.29, 0.717) is 28.1 Å². The molecule has 7 heteroatoms. The maximum Gasteiger partial charge on any atom is 0.255 e. The molecule has 122 valence electrons. The van der Waals surface area contributed by atoms with Crippen LogP contribution in [0.1, 0.15) is 21.5 Å². The molecule has 0 bridgehead atoms. The largest absolute Gasteiger partial charge is 0.322 e. The highest BCUT2D eigenvalue weighted by Crippen LogP contribution is 2.20. The van der Waals surface area contributed by atoms with Crippen molar-refractivity contribution < 1.29 is 17.6 Å². The predicted octanol–water partition coefficient (Wildman–Crippen LogP) is 3.07. The number of aryl methyl sites for hydroxylation is 2. The van der Waals surface area contributed by atoms with Crippen LogP contribution >= 0.6 is 0 Å². The summed E-state index contributed by atoms with van der Waals surface area (Å²) >= 11 is 0. The first-order chi connectivity index (χ1) is 10.7. The van der Waals surface area contributed by atoms with Gasteiger partial charge in [0.1, 0.15) is 5.82 Å². The highest BCUT2D eigenvalue weighted by Gasteiger charge is 2.12. The van der Waals surface area contributed by atoms with Crippen LogP contribution in [-0.2, 0) is 10.0 Å². The van der Waals surface area contributed by atoms with Gasteiger partial charge in [0.25, 0.3) is 5.91 Å². The number of carbonyl (C=O) groups is 1. The Kier molecular flexibility index (Phi) is 4.70. The van der Waals surface area contributed by atoms with E-state index in [1.807, 2.05) is 0 Å². The van der Waals surface area contributed by atoms with Gasteiger partial charge in [-0.2, -0.15) is 0 Å². The second kappa shape index (κ2) is 6.37. The van der Waals surface area contributed by atoms with Crippen molar-refractivity contribution in [3.05, 3.63) is 58.9 Å². The minimum Gasteiger partial charge on any atom is -0.322 e. The van der Waals surface area contributed by atoms with Crippen LogP contribution in [0.4, 0.5) is 15.8 Å². The van der Waals surface area contributed by atoms with Crippen LogP contribution in [-0.4, -0.2) is 20.6 Å². The van der Waals surface area contributed by atoms with E-state index in [2.05, 4.69) is 10.0 Å². The molecule has 0 atom stereocenters. The zero-order chi connectivity index (χ0) is 17.2. The molecule has 0 aliphatic heterocycles. The third-order valence-electron chi connectivity index (χ3n) is 3.23. The SMILES string of the molecule is Cc1cc(F)ccc1NC(=O)c1ccc(C)c(NS(C)(=O)=O)c1. The van der Waals surface area contributed by atoms with Crippen LogP contribution in [0.25, 0.3) is 0 Å². The van der Waals surface area contributed by atoms with Gasteiger partial charge in [-0.3, -0.25) is 9.52 Å². The maximum absolute atomic E-state index is 13.1. The van der Waals surface area contributed by atoms with Gasteiger partial charge in [-0.25, -0.2) is 12.8 Å². The quantitative estimate of drug-likeness (QED) is 0.901. The molecule has 0 aliphatic rings. The van der Waals surface area contributed by atoms with Gasteiger partial charge in [0.15, 0.2) is 0 Å². The highest BCUT2D eigenvalue weighted by atomic mass is 32.2. The molecule has 1 amide bonds. The summed E-state index contributed by atoms with van der Waals surface area (Å²) in [5, 5.41) is 2.68. The summed E-state index contributed by atoms with van der Waals surface area (Å²) in [7, 11) is -3.44. The lowest BCUT2D eigenvalue weighted by atomic mass is 10.1. The van der Waals surface area contributed by atoms with E-state index < -0.39 is 15.9 Å². The van der Waals surface area contributed by atoms with Crippen molar-refractivity contribution in [1.29, 1.82) is 0 Å². The van der Waals surface area contributed by atoms with Crippen LogP contribution in [0.15, 0.2) is 36.4 Å². The number of carbonyl (C=O) groups excluding carboxylic acids is 1. The van der Waals surface area contributed by atoms with Crippen LogP contribution in [0, 0.1) is 19.7 Å². The zero-order valence-electron chi connectivity index (χ0n) is 13.0. The number of hydrogen-bond donors (Lipinski definition) is 2. The number of halogens is 1. The fourth-order valence-corrected chi connectivity index (χ4v) is 2.65. The first-order valence-corrected chi connectivity index (χ1v) is 8.71. The number of hydrogen-bond acceptors (Lipinski definition) is 3. The van der Waals surface area contributed by atoms with E-state index in [-0.39, 0.29) is 5.82 Å². The summed E-state index contributed by atoms with van der Waals surface area (Å²) in [4.78, 5) is 12.3. The van der Waals surface area contributed by atoms with Crippen molar-refractivity contribution in [2.24, 2.45) is 0 Å². The Morgan fingerprint density at radius 2 is 1.70 bits per heavy atom. The Hall–Kier alpha value is -2.41. The minimum absolute atomic E-state index is 0.297. The summed E-state index contributed by atoms with van der Waals surface area (Å²) in [6.07, 6.45) is 1.04. The molecule has 23 heavy (non-hydrogen) atoms. The van der Waals surface area contributed by atoms with Gasteiger partial charge >= 0.3 is 0 Å². The molecule has 2 aromatic rings. The van der Waals surface area contributed by atoms with Crippen molar-refractivity contribution in [2.75, 3.05) is 16.3 Å². The Bertz CT molecular complexity index is 864. The molecule has 0 saturated heterocycles. The van der Waals surface area contributed by atoms with E-state index in [4.69, 9.17) is 0 Å². The Morgan fingerprint density at radius 1 is 1.00 bits per heavy atom. The van der Waals surface area contributed by atoms with Crippen LogP contribution in [0.2, 0.25) is 0 Å². The van der Waals surface area contributed by atoms with E-state index >= 15 is 0 Å². The lowest BCUT2D eigenvalue weighted by Crippen LogP contribution is -2.15. The second-order valence-corrected chi connectivity index (χ2v) is 7.07. The molecule has 2 rings (SSSR count). The van der Waals surface area contributed by atoms with Gasteiger partial charge in [0.05, 0.1) is 11.9 Å². The van der Waals surface area contributed by atoms with Crippen LogP contribution in [0.5, 0.6) is 0 Å². The van der Waals surface area contributed by atoms with E-state index in [1.54, 1.807) is 26.0 Å². The molecule has 0 fully saturated rings. The molecule has 0 aliphatic carbocycles. The van der Waals surface area contributed by atoms with E-state index in [0.717, 1.165) is 6.26 Å². The number of amides is 1. The van der Waals surface area contributed by atoms with Gasteiger partial charge in [0.2, 0.25) is 10.0 Å².